The molecule has 1 fully saturated rings. The topological polar surface area (TPSA) is 87.1 Å². The number of carbonyl (C=O) groups is 1. The van der Waals surface area contributed by atoms with Crippen molar-refractivity contribution in [3.8, 4) is 0 Å². The van der Waals surface area contributed by atoms with E-state index in [2.05, 4.69) is 20.1 Å². The Morgan fingerprint density at radius 3 is 2.83 bits per heavy atom. The number of benzene rings is 1. The number of amides is 1. The maximum atomic E-state index is 12.9. The van der Waals surface area contributed by atoms with Crippen LogP contribution in [0, 0.1) is 0 Å². The second kappa shape index (κ2) is 7.38. The molecule has 5 rings (SSSR count). The van der Waals surface area contributed by atoms with Crippen LogP contribution in [-0.4, -0.2) is 62.5 Å². The molecule has 10 heteroatoms. The number of hydrogen-bond donors (Lipinski definition) is 1. The zero-order valence-corrected chi connectivity index (χ0v) is 17.1. The lowest BCUT2D eigenvalue weighted by Crippen LogP contribution is -2.49. The summed E-state index contributed by atoms with van der Waals surface area (Å²) in [5, 5.41) is 8.48. The highest BCUT2D eigenvalue weighted by atomic mass is 35.5. The van der Waals surface area contributed by atoms with Crippen LogP contribution in [0.3, 0.4) is 0 Å². The van der Waals surface area contributed by atoms with E-state index in [-0.39, 0.29) is 17.5 Å². The van der Waals surface area contributed by atoms with E-state index >= 15 is 0 Å². The molecule has 4 heterocycles. The first kappa shape index (κ1) is 18.5. The van der Waals surface area contributed by atoms with E-state index in [1.54, 1.807) is 4.57 Å². The molecular weight excluding hydrogens is 412 g/mol. The minimum absolute atomic E-state index is 0.0708. The standard InChI is InChI=1S/C19H19ClN6O2S/c20-14-3-1-2-4-15(14)24-5-7-25(8-6-24)16(27)9-12-11-29-19-22-17-13(10-21-23-17)18(28)26(12)19/h1-4,10,12H,5-9,11H2,(H,21,23). The van der Waals surface area contributed by atoms with Crippen LogP contribution in [0.25, 0.3) is 11.0 Å². The van der Waals surface area contributed by atoms with Gasteiger partial charge in [-0.1, -0.05) is 35.5 Å². The van der Waals surface area contributed by atoms with Gasteiger partial charge in [-0.05, 0) is 12.1 Å². The van der Waals surface area contributed by atoms with Gasteiger partial charge in [-0.15, -0.1) is 0 Å². The number of anilines is 1. The van der Waals surface area contributed by atoms with Crippen LogP contribution in [0.5, 0.6) is 0 Å². The van der Waals surface area contributed by atoms with Crippen LogP contribution < -0.4 is 10.5 Å². The summed E-state index contributed by atoms with van der Waals surface area (Å²) < 4.78 is 1.65. The van der Waals surface area contributed by atoms with Crippen molar-refractivity contribution in [1.82, 2.24) is 24.6 Å². The summed E-state index contributed by atoms with van der Waals surface area (Å²) in [5.41, 5.74) is 1.37. The Balaban J connectivity index is 1.27. The van der Waals surface area contributed by atoms with Crippen LogP contribution >= 0.6 is 23.4 Å². The summed E-state index contributed by atoms with van der Waals surface area (Å²) in [6, 6.07) is 7.59. The number of nitrogens with zero attached hydrogens (tertiary/aromatic N) is 5. The number of nitrogens with one attached hydrogen (secondary N) is 1. The summed E-state index contributed by atoms with van der Waals surface area (Å²) in [7, 11) is 0. The van der Waals surface area contributed by atoms with Crippen molar-refractivity contribution in [2.24, 2.45) is 0 Å². The number of fused-ring (bicyclic) bond motifs is 2. The monoisotopic (exact) mass is 430 g/mol. The van der Waals surface area contributed by atoms with Gasteiger partial charge in [0.25, 0.3) is 5.56 Å². The second-order valence-electron chi connectivity index (χ2n) is 7.19. The first-order chi connectivity index (χ1) is 14.1. The number of aromatic amines is 1. The molecule has 1 N–H and O–H groups in total. The summed E-state index contributed by atoms with van der Waals surface area (Å²) in [5.74, 6) is 0.745. The molecule has 3 aromatic rings. The highest BCUT2D eigenvalue weighted by molar-refractivity contribution is 7.99. The van der Waals surface area contributed by atoms with Crippen molar-refractivity contribution in [1.29, 1.82) is 0 Å². The minimum atomic E-state index is -0.177. The fraction of sp³-hybridized carbons (Fsp3) is 0.368. The third kappa shape index (κ3) is 3.28. The van der Waals surface area contributed by atoms with Crippen LogP contribution in [0.1, 0.15) is 12.5 Å². The normalized spacial score (nSPS) is 19.0. The van der Waals surface area contributed by atoms with Gasteiger partial charge in [0.1, 0.15) is 5.39 Å². The quantitative estimate of drug-likeness (QED) is 0.641. The van der Waals surface area contributed by atoms with Crippen molar-refractivity contribution < 1.29 is 4.79 Å². The van der Waals surface area contributed by atoms with Crippen molar-refractivity contribution in [3.63, 3.8) is 0 Å². The summed E-state index contributed by atoms with van der Waals surface area (Å²) >= 11 is 7.80. The van der Waals surface area contributed by atoms with E-state index in [0.717, 1.165) is 23.8 Å². The van der Waals surface area contributed by atoms with Gasteiger partial charge >= 0.3 is 0 Å². The van der Waals surface area contributed by atoms with Gasteiger partial charge in [0, 0.05) is 38.4 Å². The molecular formula is C19H19ClN6O2S. The number of aromatic nitrogens is 4. The molecule has 0 saturated carbocycles. The zero-order valence-electron chi connectivity index (χ0n) is 15.5. The molecule has 2 aliphatic rings. The molecule has 2 aromatic heterocycles. The van der Waals surface area contributed by atoms with Gasteiger partial charge < -0.3 is 9.80 Å². The molecule has 1 amide bonds. The highest BCUT2D eigenvalue weighted by Gasteiger charge is 2.31. The van der Waals surface area contributed by atoms with E-state index in [1.165, 1.54) is 18.0 Å². The van der Waals surface area contributed by atoms with E-state index in [9.17, 15) is 9.59 Å². The summed E-state index contributed by atoms with van der Waals surface area (Å²) in [6.45, 7) is 2.76. The number of piperazine rings is 1. The molecule has 0 radical (unpaired) electrons. The molecule has 0 spiro atoms. The zero-order chi connectivity index (χ0) is 20.0. The van der Waals surface area contributed by atoms with Crippen molar-refractivity contribution in [2.75, 3.05) is 36.8 Å². The molecule has 150 valence electrons. The van der Waals surface area contributed by atoms with Crippen LogP contribution in [0.4, 0.5) is 5.69 Å². The fourth-order valence-corrected chi connectivity index (χ4v) is 5.33. The van der Waals surface area contributed by atoms with Crippen molar-refractivity contribution in [2.45, 2.75) is 17.6 Å². The lowest BCUT2D eigenvalue weighted by Gasteiger charge is -2.37. The molecule has 1 unspecified atom stereocenters. The fourth-order valence-electron chi connectivity index (χ4n) is 3.94. The second-order valence-corrected chi connectivity index (χ2v) is 8.58. The lowest BCUT2D eigenvalue weighted by molar-refractivity contribution is -0.132. The Morgan fingerprint density at radius 1 is 1.24 bits per heavy atom. The van der Waals surface area contributed by atoms with Gasteiger partial charge in [0.2, 0.25) is 5.91 Å². The molecule has 1 atom stereocenters. The highest BCUT2D eigenvalue weighted by Crippen LogP contribution is 2.33. The molecule has 2 aliphatic heterocycles. The third-order valence-corrected chi connectivity index (χ3v) is 6.90. The minimum Gasteiger partial charge on any atom is -0.367 e. The Labute approximate surface area is 175 Å². The van der Waals surface area contributed by atoms with E-state index in [4.69, 9.17) is 11.6 Å². The molecule has 1 saturated heterocycles. The first-order valence-electron chi connectivity index (χ1n) is 9.47. The third-order valence-electron chi connectivity index (χ3n) is 5.49. The Bertz CT molecular complexity index is 1140. The van der Waals surface area contributed by atoms with Crippen LogP contribution in [0.15, 0.2) is 40.4 Å². The number of para-hydroxylation sites is 1. The Morgan fingerprint density at radius 2 is 2.03 bits per heavy atom. The largest absolute Gasteiger partial charge is 0.367 e. The molecule has 8 nitrogen and oxygen atoms in total. The summed E-state index contributed by atoms with van der Waals surface area (Å²) in [6.07, 6.45) is 1.80. The predicted octanol–water partition coefficient (Wildman–Crippen LogP) is 2.16. The Hall–Kier alpha value is -2.52. The number of hydrogen-bond acceptors (Lipinski definition) is 6. The average molecular weight is 431 g/mol. The average Bonchev–Trinajstić information content (AvgIpc) is 3.36. The first-order valence-corrected chi connectivity index (χ1v) is 10.8. The van der Waals surface area contributed by atoms with E-state index in [0.29, 0.717) is 41.5 Å². The predicted molar refractivity (Wildman–Crippen MR) is 113 cm³/mol. The molecule has 0 bridgehead atoms. The van der Waals surface area contributed by atoms with Gasteiger partial charge in [-0.25, -0.2) is 4.98 Å². The maximum Gasteiger partial charge on any atom is 0.265 e. The Kier molecular flexibility index (Phi) is 4.71. The number of carbonyl (C=O) groups excluding carboxylic acids is 1. The number of H-pyrrole nitrogens is 1. The van der Waals surface area contributed by atoms with Crippen LogP contribution in [-0.2, 0) is 4.79 Å². The number of thioether (sulfide) groups is 1. The van der Waals surface area contributed by atoms with Gasteiger partial charge in [-0.2, -0.15) is 5.10 Å². The lowest BCUT2D eigenvalue weighted by atomic mass is 10.1. The smallest absolute Gasteiger partial charge is 0.265 e. The molecule has 29 heavy (non-hydrogen) atoms. The van der Waals surface area contributed by atoms with Gasteiger partial charge in [0.15, 0.2) is 10.8 Å². The maximum absolute atomic E-state index is 12.9. The van der Waals surface area contributed by atoms with E-state index in [1.807, 2.05) is 29.2 Å². The number of rotatable bonds is 3. The van der Waals surface area contributed by atoms with E-state index < -0.39 is 0 Å². The molecule has 1 aromatic carbocycles. The van der Waals surface area contributed by atoms with Crippen LogP contribution in [0.2, 0.25) is 5.02 Å². The van der Waals surface area contributed by atoms with Gasteiger partial charge in [0.05, 0.1) is 22.9 Å². The van der Waals surface area contributed by atoms with Gasteiger partial charge in [-0.3, -0.25) is 19.3 Å². The SMILES string of the molecule is O=C(CC1CSc2nc3[nH]ncc3c(=O)n21)N1CCN(c2ccccc2Cl)CC1. The number of halogens is 1. The van der Waals surface area contributed by atoms with Crippen molar-refractivity contribution in [3.05, 3.63) is 45.8 Å². The molecule has 0 aliphatic carbocycles. The van der Waals surface area contributed by atoms with Crippen molar-refractivity contribution >= 4 is 46.0 Å². The summed E-state index contributed by atoms with van der Waals surface area (Å²) in [4.78, 5) is 34.3.